The molecule has 110 valence electrons. The standard InChI is InChI=1S/C15H19BrO4/c1-9-8-10(17)13(20-2)12(16)11(9)15(14(18)19)6-4-3-5-7-15/h8,17H,3-7H2,1-2H3,(H,18,19). The monoisotopic (exact) mass is 342 g/mol. The number of methoxy groups -OCH3 is 1. The molecule has 0 amide bonds. The maximum atomic E-state index is 11.9. The SMILES string of the molecule is COc1c(O)cc(C)c(C2(C(=O)O)CCCCC2)c1Br. The smallest absolute Gasteiger partial charge is 0.314 e. The summed E-state index contributed by atoms with van der Waals surface area (Å²) in [5.74, 6) is -0.470. The Morgan fingerprint density at radius 2 is 1.95 bits per heavy atom. The van der Waals surface area contributed by atoms with Crippen LogP contribution in [0.3, 0.4) is 0 Å². The lowest BCUT2D eigenvalue weighted by Crippen LogP contribution is -2.39. The van der Waals surface area contributed by atoms with Gasteiger partial charge in [0.15, 0.2) is 11.5 Å². The number of aromatic hydroxyl groups is 1. The Kier molecular flexibility index (Phi) is 4.28. The van der Waals surface area contributed by atoms with Gasteiger partial charge in [-0.25, -0.2) is 0 Å². The van der Waals surface area contributed by atoms with Gasteiger partial charge in [-0.2, -0.15) is 0 Å². The summed E-state index contributed by atoms with van der Waals surface area (Å²) < 4.78 is 5.75. The zero-order valence-electron chi connectivity index (χ0n) is 11.7. The first-order valence-electron chi connectivity index (χ1n) is 6.74. The lowest BCUT2D eigenvalue weighted by atomic mass is 9.68. The average Bonchev–Trinajstić information content (AvgIpc) is 2.39. The second-order valence-corrected chi connectivity index (χ2v) is 6.18. The molecule has 0 atom stereocenters. The van der Waals surface area contributed by atoms with Gasteiger partial charge in [0.05, 0.1) is 17.0 Å². The second-order valence-electron chi connectivity index (χ2n) is 5.38. The Bertz CT molecular complexity index is 533. The van der Waals surface area contributed by atoms with E-state index in [1.54, 1.807) is 6.07 Å². The van der Waals surface area contributed by atoms with Crippen LogP contribution in [0.15, 0.2) is 10.5 Å². The summed E-state index contributed by atoms with van der Waals surface area (Å²) >= 11 is 3.43. The predicted octanol–water partition coefficient (Wildman–Crippen LogP) is 3.76. The van der Waals surface area contributed by atoms with Crippen molar-refractivity contribution < 1.29 is 19.7 Å². The first-order valence-corrected chi connectivity index (χ1v) is 7.53. The van der Waals surface area contributed by atoms with Crippen molar-refractivity contribution in [2.75, 3.05) is 7.11 Å². The van der Waals surface area contributed by atoms with Gasteiger partial charge in [0.1, 0.15) is 0 Å². The van der Waals surface area contributed by atoms with Gasteiger partial charge in [-0.3, -0.25) is 4.79 Å². The Balaban J connectivity index is 2.68. The van der Waals surface area contributed by atoms with Crippen molar-refractivity contribution >= 4 is 21.9 Å². The highest BCUT2D eigenvalue weighted by molar-refractivity contribution is 9.10. The molecule has 0 aromatic heterocycles. The molecule has 0 unspecified atom stereocenters. The number of carboxylic acid groups (broad SMARTS) is 1. The minimum Gasteiger partial charge on any atom is -0.504 e. The maximum Gasteiger partial charge on any atom is 0.314 e. The molecule has 2 rings (SSSR count). The largest absolute Gasteiger partial charge is 0.504 e. The summed E-state index contributed by atoms with van der Waals surface area (Å²) in [6, 6.07) is 1.58. The molecular weight excluding hydrogens is 324 g/mol. The number of carbonyl (C=O) groups is 1. The van der Waals surface area contributed by atoms with Gasteiger partial charge in [-0.1, -0.05) is 19.3 Å². The Morgan fingerprint density at radius 3 is 2.45 bits per heavy atom. The van der Waals surface area contributed by atoms with Gasteiger partial charge in [0, 0.05) is 0 Å². The molecule has 0 radical (unpaired) electrons. The fraction of sp³-hybridized carbons (Fsp3) is 0.533. The molecule has 0 aliphatic heterocycles. The molecule has 2 N–H and O–H groups in total. The summed E-state index contributed by atoms with van der Waals surface area (Å²) in [5.41, 5.74) is 0.626. The average molecular weight is 343 g/mol. The minimum atomic E-state index is -0.887. The summed E-state index contributed by atoms with van der Waals surface area (Å²) in [7, 11) is 1.47. The van der Waals surface area contributed by atoms with Gasteiger partial charge in [-0.15, -0.1) is 0 Å². The number of phenols is 1. The lowest BCUT2D eigenvalue weighted by Gasteiger charge is -2.36. The third-order valence-corrected chi connectivity index (χ3v) is 4.95. The van der Waals surface area contributed by atoms with Gasteiger partial charge < -0.3 is 14.9 Å². The van der Waals surface area contributed by atoms with E-state index in [2.05, 4.69) is 15.9 Å². The molecular formula is C15H19BrO4. The quantitative estimate of drug-likeness (QED) is 0.877. The molecule has 1 fully saturated rings. The van der Waals surface area contributed by atoms with Crippen molar-refractivity contribution in [2.24, 2.45) is 0 Å². The fourth-order valence-electron chi connectivity index (χ4n) is 3.25. The molecule has 1 aliphatic rings. The number of aryl methyl sites for hydroxylation is 1. The van der Waals surface area contributed by atoms with Crippen molar-refractivity contribution in [3.63, 3.8) is 0 Å². The van der Waals surface area contributed by atoms with Crippen LogP contribution in [-0.4, -0.2) is 23.3 Å². The van der Waals surface area contributed by atoms with E-state index >= 15 is 0 Å². The third-order valence-electron chi connectivity index (χ3n) is 4.20. The summed E-state index contributed by atoms with van der Waals surface area (Å²) in [6.07, 6.45) is 4.12. The first-order chi connectivity index (χ1) is 9.44. The number of phenolic OH excluding ortho intramolecular Hbond substituents is 1. The summed E-state index contributed by atoms with van der Waals surface area (Å²) in [6.45, 7) is 1.83. The van der Waals surface area contributed by atoms with Crippen LogP contribution in [0.5, 0.6) is 11.5 Å². The van der Waals surface area contributed by atoms with Crippen molar-refractivity contribution in [2.45, 2.75) is 44.4 Å². The molecule has 1 aromatic carbocycles. The zero-order valence-corrected chi connectivity index (χ0v) is 13.3. The Labute approximate surface area is 126 Å². The van der Waals surface area contributed by atoms with Crippen molar-refractivity contribution in [3.05, 3.63) is 21.7 Å². The summed E-state index contributed by atoms with van der Waals surface area (Å²) in [4.78, 5) is 11.9. The van der Waals surface area contributed by atoms with E-state index in [1.165, 1.54) is 7.11 Å². The molecule has 1 aliphatic carbocycles. The Morgan fingerprint density at radius 1 is 1.35 bits per heavy atom. The highest BCUT2D eigenvalue weighted by Crippen LogP contribution is 2.49. The maximum absolute atomic E-state index is 11.9. The molecule has 0 heterocycles. The van der Waals surface area contributed by atoms with Gasteiger partial charge in [0.2, 0.25) is 0 Å². The molecule has 0 spiro atoms. The molecule has 0 bridgehead atoms. The number of hydrogen-bond acceptors (Lipinski definition) is 3. The molecule has 5 heteroatoms. The van der Waals surface area contributed by atoms with E-state index in [-0.39, 0.29) is 5.75 Å². The summed E-state index contributed by atoms with van der Waals surface area (Å²) in [5, 5.41) is 19.7. The number of benzene rings is 1. The van der Waals surface area contributed by atoms with Gasteiger partial charge in [0.25, 0.3) is 0 Å². The highest BCUT2D eigenvalue weighted by atomic mass is 79.9. The predicted molar refractivity (Wildman–Crippen MR) is 79.5 cm³/mol. The number of rotatable bonds is 3. The van der Waals surface area contributed by atoms with Crippen molar-refractivity contribution in [1.29, 1.82) is 0 Å². The fourth-order valence-corrected chi connectivity index (χ4v) is 4.31. The molecule has 20 heavy (non-hydrogen) atoms. The van der Waals surface area contributed by atoms with E-state index in [0.717, 1.165) is 30.4 Å². The van der Waals surface area contributed by atoms with Crippen LogP contribution in [0, 0.1) is 6.92 Å². The number of aliphatic carboxylic acids is 1. The first kappa shape index (κ1) is 15.2. The molecule has 1 aromatic rings. The van der Waals surface area contributed by atoms with Crippen LogP contribution in [0.4, 0.5) is 0 Å². The van der Waals surface area contributed by atoms with E-state index < -0.39 is 11.4 Å². The molecule has 0 saturated heterocycles. The molecule has 1 saturated carbocycles. The van der Waals surface area contributed by atoms with Gasteiger partial charge >= 0.3 is 5.97 Å². The Hall–Kier alpha value is -1.23. The van der Waals surface area contributed by atoms with Crippen LogP contribution in [0.2, 0.25) is 0 Å². The zero-order chi connectivity index (χ0) is 14.9. The lowest BCUT2D eigenvalue weighted by molar-refractivity contribution is -0.145. The number of hydrogen-bond donors (Lipinski definition) is 2. The highest BCUT2D eigenvalue weighted by Gasteiger charge is 2.44. The van der Waals surface area contributed by atoms with E-state index in [9.17, 15) is 15.0 Å². The van der Waals surface area contributed by atoms with Crippen LogP contribution >= 0.6 is 15.9 Å². The molecule has 4 nitrogen and oxygen atoms in total. The number of carboxylic acids is 1. The number of ether oxygens (including phenoxy) is 1. The van der Waals surface area contributed by atoms with Crippen LogP contribution in [0.25, 0.3) is 0 Å². The van der Waals surface area contributed by atoms with Crippen LogP contribution < -0.4 is 4.74 Å². The third kappa shape index (κ3) is 2.28. The normalized spacial score (nSPS) is 17.8. The van der Waals surface area contributed by atoms with Crippen molar-refractivity contribution in [3.8, 4) is 11.5 Å². The van der Waals surface area contributed by atoms with E-state index in [0.29, 0.717) is 23.1 Å². The van der Waals surface area contributed by atoms with E-state index in [4.69, 9.17) is 4.74 Å². The van der Waals surface area contributed by atoms with Crippen molar-refractivity contribution in [1.82, 2.24) is 0 Å². The van der Waals surface area contributed by atoms with Crippen LogP contribution in [-0.2, 0) is 10.2 Å². The van der Waals surface area contributed by atoms with E-state index in [1.807, 2.05) is 6.92 Å². The minimum absolute atomic E-state index is 0.0250. The topological polar surface area (TPSA) is 66.8 Å². The number of halogens is 1. The van der Waals surface area contributed by atoms with Crippen LogP contribution in [0.1, 0.15) is 43.2 Å². The second kappa shape index (κ2) is 5.64. The van der Waals surface area contributed by atoms with Gasteiger partial charge in [-0.05, 0) is 52.9 Å².